The Balaban J connectivity index is 2.37. The van der Waals surface area contributed by atoms with Crippen LogP contribution in [-0.2, 0) is 0 Å². The summed E-state index contributed by atoms with van der Waals surface area (Å²) in [7, 11) is 0. The number of pyridine rings is 1. The first kappa shape index (κ1) is 14.8. The van der Waals surface area contributed by atoms with Crippen molar-refractivity contribution in [3.63, 3.8) is 0 Å². The summed E-state index contributed by atoms with van der Waals surface area (Å²) in [5.74, 6) is -1.04. The molecule has 0 aliphatic carbocycles. The van der Waals surface area contributed by atoms with Gasteiger partial charge in [0.1, 0.15) is 0 Å². The molecule has 1 aromatic carbocycles. The Kier molecular flexibility index (Phi) is 3.92. The minimum Gasteiger partial charge on any atom is -0.478 e. The van der Waals surface area contributed by atoms with Gasteiger partial charge in [-0.1, -0.05) is 23.2 Å². The maximum absolute atomic E-state index is 11.5. The average molecular weight is 403 g/mol. The van der Waals surface area contributed by atoms with Crippen LogP contribution in [0.3, 0.4) is 0 Å². The van der Waals surface area contributed by atoms with E-state index in [9.17, 15) is 9.90 Å². The van der Waals surface area contributed by atoms with E-state index in [1.54, 1.807) is 12.1 Å². The standard InChI is InChI=1S/C14H6BrCl2NO2S/c15-6-1-12(21-5-6)11-4-9(14(19)20)8-2-7(16)3-10(17)13(8)18-11/h1-5H,(H,19,20). The normalized spacial score (nSPS) is 11.0. The van der Waals surface area contributed by atoms with Crippen molar-refractivity contribution in [2.45, 2.75) is 0 Å². The van der Waals surface area contributed by atoms with Crippen molar-refractivity contribution >= 4 is 67.3 Å². The summed E-state index contributed by atoms with van der Waals surface area (Å²) in [6.07, 6.45) is 0. The molecule has 0 saturated carbocycles. The van der Waals surface area contributed by atoms with E-state index in [1.165, 1.54) is 17.4 Å². The number of aromatic carboxylic acids is 1. The fourth-order valence-corrected chi connectivity index (χ4v) is 3.93. The molecule has 0 atom stereocenters. The number of hydrogen-bond acceptors (Lipinski definition) is 3. The van der Waals surface area contributed by atoms with Crippen molar-refractivity contribution in [3.8, 4) is 10.6 Å². The van der Waals surface area contributed by atoms with Crippen molar-refractivity contribution in [1.82, 2.24) is 4.98 Å². The summed E-state index contributed by atoms with van der Waals surface area (Å²) in [4.78, 5) is 16.8. The van der Waals surface area contributed by atoms with Crippen molar-refractivity contribution in [2.24, 2.45) is 0 Å². The topological polar surface area (TPSA) is 50.2 Å². The van der Waals surface area contributed by atoms with Crippen molar-refractivity contribution < 1.29 is 9.90 Å². The molecule has 0 radical (unpaired) electrons. The van der Waals surface area contributed by atoms with E-state index in [4.69, 9.17) is 23.2 Å². The van der Waals surface area contributed by atoms with Gasteiger partial charge in [-0.15, -0.1) is 11.3 Å². The minimum atomic E-state index is -1.04. The molecule has 0 spiro atoms. The van der Waals surface area contributed by atoms with Gasteiger partial charge in [-0.05, 0) is 40.2 Å². The summed E-state index contributed by atoms with van der Waals surface area (Å²) in [5, 5.41) is 12.5. The van der Waals surface area contributed by atoms with Crippen LogP contribution < -0.4 is 0 Å². The number of nitrogens with zero attached hydrogens (tertiary/aromatic N) is 1. The third-order valence-electron chi connectivity index (χ3n) is 2.88. The molecule has 21 heavy (non-hydrogen) atoms. The average Bonchev–Trinajstić information content (AvgIpc) is 2.84. The van der Waals surface area contributed by atoms with Gasteiger partial charge in [-0.25, -0.2) is 9.78 Å². The van der Waals surface area contributed by atoms with Crippen LogP contribution in [0.15, 0.2) is 34.1 Å². The van der Waals surface area contributed by atoms with Crippen molar-refractivity contribution in [1.29, 1.82) is 0 Å². The van der Waals surface area contributed by atoms with Gasteiger partial charge in [-0.3, -0.25) is 0 Å². The van der Waals surface area contributed by atoms with E-state index in [0.717, 1.165) is 9.35 Å². The van der Waals surface area contributed by atoms with Crippen LogP contribution in [0.2, 0.25) is 10.0 Å². The number of carboxylic acid groups (broad SMARTS) is 1. The lowest BCUT2D eigenvalue weighted by molar-refractivity contribution is 0.0699. The highest BCUT2D eigenvalue weighted by Gasteiger charge is 2.16. The molecule has 0 amide bonds. The van der Waals surface area contributed by atoms with Gasteiger partial charge >= 0.3 is 5.97 Å². The van der Waals surface area contributed by atoms with E-state index in [-0.39, 0.29) is 5.56 Å². The first-order valence-corrected chi connectivity index (χ1v) is 8.16. The molecule has 0 bridgehead atoms. The van der Waals surface area contributed by atoms with Crippen LogP contribution in [0.1, 0.15) is 10.4 Å². The van der Waals surface area contributed by atoms with E-state index in [1.807, 2.05) is 11.4 Å². The summed E-state index contributed by atoms with van der Waals surface area (Å²) < 4.78 is 0.920. The fourth-order valence-electron chi connectivity index (χ4n) is 2.00. The van der Waals surface area contributed by atoms with Crippen LogP contribution in [0.4, 0.5) is 0 Å². The molecule has 2 heterocycles. The number of thiophene rings is 1. The van der Waals surface area contributed by atoms with E-state index < -0.39 is 5.97 Å². The summed E-state index contributed by atoms with van der Waals surface area (Å²) in [6, 6.07) is 6.54. The maximum Gasteiger partial charge on any atom is 0.336 e. The van der Waals surface area contributed by atoms with E-state index in [0.29, 0.717) is 26.6 Å². The second-order valence-corrected chi connectivity index (χ2v) is 6.94. The number of carboxylic acids is 1. The van der Waals surface area contributed by atoms with Crippen molar-refractivity contribution in [2.75, 3.05) is 0 Å². The molecule has 106 valence electrons. The lowest BCUT2D eigenvalue weighted by Crippen LogP contribution is -2.00. The Morgan fingerprint density at radius 2 is 2.00 bits per heavy atom. The number of hydrogen-bond donors (Lipinski definition) is 1. The van der Waals surface area contributed by atoms with Crippen LogP contribution in [0.5, 0.6) is 0 Å². The first-order valence-electron chi connectivity index (χ1n) is 5.73. The molecule has 0 aliphatic heterocycles. The monoisotopic (exact) mass is 401 g/mol. The van der Waals surface area contributed by atoms with Gasteiger partial charge in [-0.2, -0.15) is 0 Å². The highest BCUT2D eigenvalue weighted by atomic mass is 79.9. The Labute approximate surface area is 142 Å². The second-order valence-electron chi connectivity index (χ2n) is 4.27. The molecule has 0 fully saturated rings. The smallest absolute Gasteiger partial charge is 0.336 e. The predicted molar refractivity (Wildman–Crippen MR) is 89.7 cm³/mol. The zero-order valence-electron chi connectivity index (χ0n) is 10.2. The third-order valence-corrected chi connectivity index (χ3v) is 5.10. The van der Waals surface area contributed by atoms with Gasteiger partial charge in [0, 0.05) is 20.3 Å². The number of fused-ring (bicyclic) bond motifs is 1. The summed E-state index contributed by atoms with van der Waals surface area (Å²) in [5.41, 5.74) is 1.13. The molecule has 0 unspecified atom stereocenters. The Bertz CT molecular complexity index is 879. The fraction of sp³-hybridized carbons (Fsp3) is 0. The van der Waals surface area contributed by atoms with Crippen LogP contribution in [0.25, 0.3) is 21.5 Å². The highest BCUT2D eigenvalue weighted by Crippen LogP contribution is 2.34. The quantitative estimate of drug-likeness (QED) is 0.595. The van der Waals surface area contributed by atoms with Crippen LogP contribution in [0, 0.1) is 0 Å². The van der Waals surface area contributed by atoms with Gasteiger partial charge in [0.2, 0.25) is 0 Å². The molecule has 0 aliphatic rings. The number of carbonyl (C=O) groups is 1. The van der Waals surface area contributed by atoms with Gasteiger partial charge in [0.25, 0.3) is 0 Å². The zero-order valence-corrected chi connectivity index (χ0v) is 14.1. The lowest BCUT2D eigenvalue weighted by Gasteiger charge is -2.07. The Morgan fingerprint density at radius 1 is 1.24 bits per heavy atom. The van der Waals surface area contributed by atoms with E-state index >= 15 is 0 Å². The van der Waals surface area contributed by atoms with E-state index in [2.05, 4.69) is 20.9 Å². The molecular formula is C14H6BrCl2NO2S. The predicted octanol–water partition coefficient (Wildman–Crippen LogP) is 5.73. The molecule has 1 N–H and O–H groups in total. The molecule has 7 heteroatoms. The maximum atomic E-state index is 11.5. The largest absolute Gasteiger partial charge is 0.478 e. The SMILES string of the molecule is O=C(O)c1cc(-c2cc(Br)cs2)nc2c(Cl)cc(Cl)cc12. The van der Waals surface area contributed by atoms with Gasteiger partial charge in [0.05, 0.1) is 26.7 Å². The zero-order chi connectivity index (χ0) is 15.1. The molecule has 3 nitrogen and oxygen atoms in total. The lowest BCUT2D eigenvalue weighted by atomic mass is 10.1. The summed E-state index contributed by atoms with van der Waals surface area (Å²) in [6.45, 7) is 0. The number of halogens is 3. The van der Waals surface area contributed by atoms with Crippen LogP contribution in [-0.4, -0.2) is 16.1 Å². The second kappa shape index (κ2) is 5.57. The summed E-state index contributed by atoms with van der Waals surface area (Å²) >= 11 is 17.0. The molecule has 2 aromatic heterocycles. The van der Waals surface area contributed by atoms with Crippen LogP contribution >= 0.6 is 50.5 Å². The molecule has 3 rings (SSSR count). The number of benzene rings is 1. The van der Waals surface area contributed by atoms with Crippen molar-refractivity contribution in [3.05, 3.63) is 49.7 Å². The number of aromatic nitrogens is 1. The third kappa shape index (κ3) is 2.79. The van der Waals surface area contributed by atoms with Gasteiger partial charge in [0.15, 0.2) is 0 Å². The Hall–Kier alpha value is -1.14. The highest BCUT2D eigenvalue weighted by molar-refractivity contribution is 9.10. The first-order chi connectivity index (χ1) is 9.95. The Morgan fingerprint density at radius 3 is 2.62 bits per heavy atom. The molecule has 3 aromatic rings. The van der Waals surface area contributed by atoms with Gasteiger partial charge < -0.3 is 5.11 Å². The molecule has 0 saturated heterocycles. The number of rotatable bonds is 2. The molecular weight excluding hydrogens is 397 g/mol. The minimum absolute atomic E-state index is 0.129.